The van der Waals surface area contributed by atoms with Crippen molar-refractivity contribution >= 4 is 29.5 Å². The Labute approximate surface area is 149 Å². The molecule has 4 N–H and O–H groups in total. The lowest BCUT2D eigenvalue weighted by atomic mass is 10.1. The minimum atomic E-state index is -0.449. The predicted molar refractivity (Wildman–Crippen MR) is 92.0 cm³/mol. The maximum Gasteiger partial charge on any atom is 0.272 e. The van der Waals surface area contributed by atoms with E-state index in [4.69, 9.17) is 5.73 Å². The molecule has 1 aliphatic heterocycles. The molecule has 1 aliphatic carbocycles. The molecule has 1 saturated carbocycles. The van der Waals surface area contributed by atoms with E-state index in [-0.39, 0.29) is 46.3 Å². The van der Waals surface area contributed by atoms with Crippen LogP contribution >= 0.6 is 11.8 Å². The number of carbonyl (C=O) groups is 3. The summed E-state index contributed by atoms with van der Waals surface area (Å²) in [6.07, 6.45) is 3.63. The summed E-state index contributed by atoms with van der Waals surface area (Å²) in [5.41, 5.74) is 5.01. The Kier molecular flexibility index (Phi) is 4.85. The predicted octanol–water partition coefficient (Wildman–Crippen LogP) is -0.131. The lowest BCUT2D eigenvalue weighted by Crippen LogP contribution is -2.49. The Morgan fingerprint density at radius 3 is 2.72 bits per heavy atom. The van der Waals surface area contributed by atoms with Crippen molar-refractivity contribution in [2.45, 2.75) is 30.8 Å². The van der Waals surface area contributed by atoms with Crippen LogP contribution < -0.4 is 11.1 Å². The van der Waals surface area contributed by atoms with Crippen molar-refractivity contribution in [2.75, 3.05) is 18.1 Å². The highest BCUT2D eigenvalue weighted by Crippen LogP contribution is 2.50. The number of carbonyl (C=O) groups excluding carboxylic acids is 3. The largest absolute Gasteiger partial charge is 0.506 e. The average molecular weight is 364 g/mol. The lowest BCUT2D eigenvalue weighted by Gasteiger charge is -2.28. The van der Waals surface area contributed by atoms with Gasteiger partial charge in [0.25, 0.3) is 5.91 Å². The molecule has 1 aromatic rings. The molecule has 1 spiro atoms. The number of amides is 3. The molecule has 8 nitrogen and oxygen atoms in total. The van der Waals surface area contributed by atoms with Crippen molar-refractivity contribution in [1.29, 1.82) is 0 Å². The zero-order chi connectivity index (χ0) is 18.0. The molecule has 1 unspecified atom stereocenters. The Morgan fingerprint density at radius 2 is 2.12 bits per heavy atom. The van der Waals surface area contributed by atoms with Crippen molar-refractivity contribution in [1.82, 2.24) is 15.2 Å². The highest BCUT2D eigenvalue weighted by atomic mass is 32.2. The normalized spacial score (nSPS) is 20.5. The Bertz CT molecular complexity index is 690. The van der Waals surface area contributed by atoms with Gasteiger partial charge in [-0.15, -0.1) is 11.8 Å². The number of thioether (sulfide) groups is 1. The SMILES string of the molecule is NC(=O)CSCC(=O)NC1CCN(C(=O)c2ccc(O)cn2)C12CC2. The molecule has 2 fully saturated rings. The molecule has 2 heterocycles. The molecule has 3 rings (SSSR count). The Morgan fingerprint density at radius 1 is 1.36 bits per heavy atom. The van der Waals surface area contributed by atoms with Crippen molar-refractivity contribution in [2.24, 2.45) is 5.73 Å². The molecule has 1 aromatic heterocycles. The highest BCUT2D eigenvalue weighted by Gasteiger charge is 2.59. The van der Waals surface area contributed by atoms with Gasteiger partial charge in [0, 0.05) is 6.54 Å². The number of aromatic nitrogens is 1. The van der Waals surface area contributed by atoms with E-state index >= 15 is 0 Å². The van der Waals surface area contributed by atoms with Gasteiger partial charge >= 0.3 is 0 Å². The first-order valence-corrected chi connectivity index (χ1v) is 9.20. The topological polar surface area (TPSA) is 126 Å². The van der Waals surface area contributed by atoms with Gasteiger partial charge in [0.2, 0.25) is 11.8 Å². The van der Waals surface area contributed by atoms with E-state index in [1.807, 2.05) is 0 Å². The second-order valence-electron chi connectivity index (χ2n) is 6.33. The zero-order valence-electron chi connectivity index (χ0n) is 13.6. The van der Waals surface area contributed by atoms with E-state index < -0.39 is 5.91 Å². The van der Waals surface area contributed by atoms with Crippen LogP contribution in [0.1, 0.15) is 29.8 Å². The number of primary amides is 1. The molecule has 1 saturated heterocycles. The lowest BCUT2D eigenvalue weighted by molar-refractivity contribution is -0.119. The van der Waals surface area contributed by atoms with Crippen molar-refractivity contribution < 1.29 is 19.5 Å². The Balaban J connectivity index is 1.60. The molecular formula is C16H20N4O4S. The molecule has 0 radical (unpaired) electrons. The fourth-order valence-corrected chi connectivity index (χ4v) is 3.90. The molecule has 2 aliphatic rings. The van der Waals surface area contributed by atoms with Crippen LogP contribution in [-0.2, 0) is 9.59 Å². The fraction of sp³-hybridized carbons (Fsp3) is 0.500. The summed E-state index contributed by atoms with van der Waals surface area (Å²) >= 11 is 1.18. The van der Waals surface area contributed by atoms with E-state index in [0.29, 0.717) is 13.0 Å². The van der Waals surface area contributed by atoms with Crippen LogP contribution in [0, 0.1) is 0 Å². The van der Waals surface area contributed by atoms with Crippen molar-refractivity contribution in [3.8, 4) is 5.75 Å². The summed E-state index contributed by atoms with van der Waals surface area (Å²) < 4.78 is 0. The molecule has 9 heteroatoms. The number of nitrogens with two attached hydrogens (primary N) is 1. The zero-order valence-corrected chi connectivity index (χ0v) is 14.4. The van der Waals surface area contributed by atoms with Gasteiger partial charge in [-0.25, -0.2) is 4.98 Å². The van der Waals surface area contributed by atoms with Gasteiger partial charge in [-0.3, -0.25) is 14.4 Å². The van der Waals surface area contributed by atoms with Crippen LogP contribution in [0.15, 0.2) is 18.3 Å². The van der Waals surface area contributed by atoms with Crippen molar-refractivity contribution in [3.63, 3.8) is 0 Å². The summed E-state index contributed by atoms with van der Waals surface area (Å²) in [6, 6.07) is 2.85. The second kappa shape index (κ2) is 6.91. The van der Waals surface area contributed by atoms with Gasteiger partial charge < -0.3 is 21.1 Å². The first kappa shape index (κ1) is 17.5. The van der Waals surface area contributed by atoms with Crippen LogP contribution in [0.2, 0.25) is 0 Å². The number of rotatable bonds is 6. The first-order valence-electron chi connectivity index (χ1n) is 8.05. The monoisotopic (exact) mass is 364 g/mol. The van der Waals surface area contributed by atoms with Gasteiger partial charge in [-0.2, -0.15) is 0 Å². The average Bonchev–Trinajstić information content (AvgIpc) is 3.27. The van der Waals surface area contributed by atoms with Crippen LogP contribution in [-0.4, -0.2) is 62.3 Å². The van der Waals surface area contributed by atoms with E-state index in [1.54, 1.807) is 4.90 Å². The molecule has 0 aromatic carbocycles. The third-order valence-electron chi connectivity index (χ3n) is 4.61. The number of hydrogen-bond donors (Lipinski definition) is 3. The first-order chi connectivity index (χ1) is 11.9. The number of hydrogen-bond acceptors (Lipinski definition) is 6. The smallest absolute Gasteiger partial charge is 0.272 e. The van der Waals surface area contributed by atoms with E-state index in [1.165, 1.54) is 30.1 Å². The van der Waals surface area contributed by atoms with Crippen LogP contribution in [0.4, 0.5) is 0 Å². The summed E-state index contributed by atoms with van der Waals surface area (Å²) in [6.45, 7) is 0.556. The quantitative estimate of drug-likeness (QED) is 0.645. The fourth-order valence-electron chi connectivity index (χ4n) is 3.33. The molecule has 134 valence electrons. The summed E-state index contributed by atoms with van der Waals surface area (Å²) in [5.74, 6) is -0.492. The number of nitrogens with one attached hydrogen (secondary N) is 1. The minimum absolute atomic E-state index is 0.0118. The minimum Gasteiger partial charge on any atom is -0.506 e. The van der Waals surface area contributed by atoms with Gasteiger partial charge in [0.05, 0.1) is 29.3 Å². The van der Waals surface area contributed by atoms with Crippen LogP contribution in [0.3, 0.4) is 0 Å². The standard InChI is InChI=1S/C16H20N4O4S/c17-13(22)8-25-9-14(23)19-12-3-6-20(16(12)4-5-16)15(24)11-2-1-10(21)7-18-11/h1-2,7,12,21H,3-6,8-9H2,(H2,17,22)(H,19,23). The Hall–Kier alpha value is -2.29. The molecule has 0 bridgehead atoms. The van der Waals surface area contributed by atoms with Gasteiger partial charge in [0.15, 0.2) is 0 Å². The molecule has 1 atom stereocenters. The third-order valence-corrected chi connectivity index (χ3v) is 5.57. The summed E-state index contributed by atoms with van der Waals surface area (Å²) in [4.78, 5) is 41.2. The number of likely N-dealkylation sites (tertiary alicyclic amines) is 1. The summed E-state index contributed by atoms with van der Waals surface area (Å²) in [7, 11) is 0. The maximum atomic E-state index is 12.7. The maximum absolute atomic E-state index is 12.7. The second-order valence-corrected chi connectivity index (χ2v) is 7.32. The van der Waals surface area contributed by atoms with Crippen LogP contribution in [0.5, 0.6) is 5.75 Å². The van der Waals surface area contributed by atoms with E-state index in [0.717, 1.165) is 12.8 Å². The highest BCUT2D eigenvalue weighted by molar-refractivity contribution is 8.00. The molecule has 3 amide bonds. The van der Waals surface area contributed by atoms with Gasteiger partial charge in [0.1, 0.15) is 11.4 Å². The number of nitrogens with zero attached hydrogens (tertiary/aromatic N) is 2. The molecular weight excluding hydrogens is 344 g/mol. The van der Waals surface area contributed by atoms with Gasteiger partial charge in [-0.1, -0.05) is 0 Å². The van der Waals surface area contributed by atoms with Crippen LogP contribution in [0.25, 0.3) is 0 Å². The van der Waals surface area contributed by atoms with Gasteiger partial charge in [-0.05, 0) is 31.4 Å². The summed E-state index contributed by atoms with van der Waals surface area (Å²) in [5, 5.41) is 12.3. The van der Waals surface area contributed by atoms with Crippen molar-refractivity contribution in [3.05, 3.63) is 24.0 Å². The third kappa shape index (κ3) is 3.71. The van der Waals surface area contributed by atoms with E-state index in [9.17, 15) is 19.5 Å². The molecule has 25 heavy (non-hydrogen) atoms. The number of pyridine rings is 1. The van der Waals surface area contributed by atoms with E-state index in [2.05, 4.69) is 10.3 Å². The number of aromatic hydroxyl groups is 1.